The van der Waals surface area contributed by atoms with Crippen LogP contribution in [0.2, 0.25) is 0 Å². The Morgan fingerprint density at radius 1 is 1.11 bits per heavy atom. The highest BCUT2D eigenvalue weighted by molar-refractivity contribution is 6.06. The zero-order valence-electron chi connectivity index (χ0n) is 25.2. The van der Waals surface area contributed by atoms with Crippen LogP contribution < -0.4 is 21.1 Å². The number of halogens is 4. The van der Waals surface area contributed by atoms with Crippen molar-refractivity contribution in [2.45, 2.75) is 50.3 Å². The molecule has 0 saturated heterocycles. The maximum atomic E-state index is 14.8. The van der Waals surface area contributed by atoms with E-state index in [4.69, 9.17) is 10.5 Å². The van der Waals surface area contributed by atoms with Crippen LogP contribution in [-0.4, -0.2) is 46.5 Å². The van der Waals surface area contributed by atoms with Gasteiger partial charge in [-0.1, -0.05) is 6.92 Å². The summed E-state index contributed by atoms with van der Waals surface area (Å²) in [7, 11) is 0. The zero-order valence-corrected chi connectivity index (χ0v) is 25.2. The highest BCUT2D eigenvalue weighted by Crippen LogP contribution is 2.65. The maximum Gasteiger partial charge on any atom is 0.398 e. The third-order valence-corrected chi connectivity index (χ3v) is 9.33. The van der Waals surface area contributed by atoms with Crippen molar-refractivity contribution in [3.8, 4) is 17.0 Å². The van der Waals surface area contributed by atoms with Gasteiger partial charge in [-0.15, -0.1) is 0 Å². The van der Waals surface area contributed by atoms with E-state index in [2.05, 4.69) is 20.6 Å². The van der Waals surface area contributed by atoms with E-state index in [0.717, 1.165) is 30.5 Å². The van der Waals surface area contributed by atoms with Crippen LogP contribution in [0.3, 0.4) is 0 Å². The number of nitrogens with two attached hydrogens (primary N) is 1. The molecule has 242 valence electrons. The van der Waals surface area contributed by atoms with Gasteiger partial charge in [0.05, 0.1) is 16.9 Å². The van der Waals surface area contributed by atoms with Crippen LogP contribution in [0.15, 0.2) is 54.7 Å². The number of carbonyl (C=O) groups excluding carboxylic acids is 3. The summed E-state index contributed by atoms with van der Waals surface area (Å²) in [5.41, 5.74) is 6.00. The first-order valence-corrected chi connectivity index (χ1v) is 15.1. The van der Waals surface area contributed by atoms with Crippen molar-refractivity contribution in [2.75, 3.05) is 11.9 Å². The molecular formula is C34H29F4N5O4. The van der Waals surface area contributed by atoms with Crippen molar-refractivity contribution in [3.63, 3.8) is 0 Å². The molecule has 1 aliphatic heterocycles. The number of carbonyl (C=O) groups is 3. The standard InChI is InChI=1S/C34H29F4N5O4/c1-15-9-19-10-20(11-25(26(19)40-13-15)43-31(45)18-3-4-18)30(44)41-14-23(34(36,37)38)24-12-22-28(47-29-16(2)33(22,29)32(39)46)27(42-24)17-5-7-21(35)8-6-17/h5-13,16,18,23,29H,3-4,14H2,1-2H3,(H2,39,46)(H,41,44)(H,43,45)/t16?,23-,29?,33-/m1/s1. The van der Waals surface area contributed by atoms with Crippen molar-refractivity contribution in [1.29, 1.82) is 0 Å². The summed E-state index contributed by atoms with van der Waals surface area (Å²) in [5.74, 6) is -5.01. The van der Waals surface area contributed by atoms with E-state index in [-0.39, 0.29) is 51.6 Å². The number of pyridine rings is 2. The summed E-state index contributed by atoms with van der Waals surface area (Å²) in [6, 6.07) is 10.8. The van der Waals surface area contributed by atoms with E-state index >= 15 is 0 Å². The summed E-state index contributed by atoms with van der Waals surface area (Å²) in [4.78, 5) is 47.4. The van der Waals surface area contributed by atoms with Gasteiger partial charge in [-0.2, -0.15) is 13.2 Å². The number of rotatable bonds is 8. The Morgan fingerprint density at radius 2 is 1.83 bits per heavy atom. The molecule has 2 unspecified atom stereocenters. The van der Waals surface area contributed by atoms with Gasteiger partial charge in [0, 0.05) is 46.7 Å². The van der Waals surface area contributed by atoms with Gasteiger partial charge in [0.25, 0.3) is 5.91 Å². The van der Waals surface area contributed by atoms with Crippen LogP contribution in [-0.2, 0) is 15.0 Å². The Morgan fingerprint density at radius 3 is 2.49 bits per heavy atom. The number of ether oxygens (including phenoxy) is 1. The topological polar surface area (TPSA) is 136 Å². The minimum Gasteiger partial charge on any atom is -0.486 e. The molecule has 2 fully saturated rings. The van der Waals surface area contributed by atoms with Crippen molar-refractivity contribution in [2.24, 2.45) is 17.6 Å². The average molecular weight is 648 g/mol. The van der Waals surface area contributed by atoms with Gasteiger partial charge >= 0.3 is 6.18 Å². The SMILES string of the molecule is Cc1cnc2c(NC(=O)C3CC3)cc(C(=O)NC[C@H](c3cc4c(c(-c5ccc(F)cc5)n3)OC3C(C)[C@@]43C(N)=O)C(F)(F)F)cc2c1. The summed E-state index contributed by atoms with van der Waals surface area (Å²) in [6.07, 6.45) is -2.43. The van der Waals surface area contributed by atoms with Gasteiger partial charge in [0.15, 0.2) is 5.75 Å². The number of nitrogens with one attached hydrogen (secondary N) is 2. The molecule has 0 radical (unpaired) electrons. The van der Waals surface area contributed by atoms with Crippen LogP contribution >= 0.6 is 0 Å². The van der Waals surface area contributed by atoms with E-state index in [0.29, 0.717) is 10.9 Å². The van der Waals surface area contributed by atoms with Gasteiger partial charge in [-0.05, 0) is 73.9 Å². The largest absolute Gasteiger partial charge is 0.486 e. The highest BCUT2D eigenvalue weighted by atomic mass is 19.4. The van der Waals surface area contributed by atoms with Crippen molar-refractivity contribution in [1.82, 2.24) is 15.3 Å². The van der Waals surface area contributed by atoms with Gasteiger partial charge in [0.2, 0.25) is 11.8 Å². The molecule has 0 spiro atoms. The molecule has 2 aromatic heterocycles. The predicted molar refractivity (Wildman–Crippen MR) is 163 cm³/mol. The summed E-state index contributed by atoms with van der Waals surface area (Å²) in [5, 5.41) is 5.73. The van der Waals surface area contributed by atoms with Gasteiger partial charge in [0.1, 0.15) is 28.9 Å². The number of hydrogen-bond donors (Lipinski definition) is 3. The Kier molecular flexibility index (Phi) is 6.99. The summed E-state index contributed by atoms with van der Waals surface area (Å²) in [6.45, 7) is 2.63. The lowest BCUT2D eigenvalue weighted by Crippen LogP contribution is -2.36. The number of nitrogens with zero attached hydrogens (tertiary/aromatic N) is 2. The second-order valence-corrected chi connectivity index (χ2v) is 12.5. The number of anilines is 1. The molecule has 3 amide bonds. The number of benzene rings is 2. The van der Waals surface area contributed by atoms with E-state index in [9.17, 15) is 31.9 Å². The number of aryl methyl sites for hydroxylation is 1. The second kappa shape index (κ2) is 10.7. The highest BCUT2D eigenvalue weighted by Gasteiger charge is 2.74. The van der Waals surface area contributed by atoms with Crippen molar-refractivity contribution < 1.29 is 36.7 Å². The van der Waals surface area contributed by atoms with Gasteiger partial charge < -0.3 is 21.1 Å². The third-order valence-electron chi connectivity index (χ3n) is 9.33. The van der Waals surface area contributed by atoms with Gasteiger partial charge in [-0.3, -0.25) is 19.4 Å². The number of primary amides is 1. The minimum absolute atomic E-state index is 0.00606. The van der Waals surface area contributed by atoms with E-state index < -0.39 is 53.5 Å². The van der Waals surface area contributed by atoms with Crippen LogP contribution in [0.25, 0.3) is 22.2 Å². The lowest BCUT2D eigenvalue weighted by Gasteiger charge is -2.23. The Hall–Kier alpha value is -5.07. The normalized spacial score (nSPS) is 21.7. The molecular weight excluding hydrogens is 618 g/mol. The van der Waals surface area contributed by atoms with Crippen LogP contribution in [0.5, 0.6) is 5.75 Å². The number of fused-ring (bicyclic) bond motifs is 4. The molecule has 2 aromatic carbocycles. The summed E-state index contributed by atoms with van der Waals surface area (Å²) >= 11 is 0. The molecule has 3 heterocycles. The van der Waals surface area contributed by atoms with Crippen molar-refractivity contribution >= 4 is 34.3 Å². The molecule has 2 saturated carbocycles. The molecule has 4 aromatic rings. The molecule has 47 heavy (non-hydrogen) atoms. The van der Waals surface area contributed by atoms with E-state index in [1.54, 1.807) is 26.1 Å². The molecule has 7 rings (SSSR count). The molecule has 4 N–H and O–H groups in total. The fourth-order valence-electron chi connectivity index (χ4n) is 6.55. The quantitative estimate of drug-likeness (QED) is 0.222. The van der Waals surface area contributed by atoms with Crippen molar-refractivity contribution in [3.05, 3.63) is 82.9 Å². The molecule has 9 nitrogen and oxygen atoms in total. The molecule has 4 atom stereocenters. The first-order chi connectivity index (χ1) is 22.3. The van der Waals surface area contributed by atoms with E-state index in [1.165, 1.54) is 30.3 Å². The first kappa shape index (κ1) is 30.6. The molecule has 0 bridgehead atoms. The monoisotopic (exact) mass is 647 g/mol. The Labute approximate surface area is 265 Å². The van der Waals surface area contributed by atoms with Crippen LogP contribution in [0, 0.1) is 24.6 Å². The number of hydrogen-bond acceptors (Lipinski definition) is 6. The first-order valence-electron chi connectivity index (χ1n) is 15.1. The molecule has 2 aliphatic carbocycles. The maximum absolute atomic E-state index is 14.8. The smallest absolute Gasteiger partial charge is 0.398 e. The van der Waals surface area contributed by atoms with Gasteiger partial charge in [-0.25, -0.2) is 9.37 Å². The minimum atomic E-state index is -4.88. The third kappa shape index (κ3) is 5.13. The Bertz CT molecular complexity index is 1980. The fraction of sp³-hybridized carbons (Fsp3) is 0.324. The number of alkyl halides is 3. The lowest BCUT2D eigenvalue weighted by molar-refractivity contribution is -0.149. The van der Waals surface area contributed by atoms with Crippen LogP contribution in [0.1, 0.15) is 52.9 Å². The van der Waals surface area contributed by atoms with E-state index in [1.807, 2.05) is 0 Å². The average Bonchev–Trinajstić information content (AvgIpc) is 3.92. The number of amides is 3. The Balaban J connectivity index is 1.25. The summed E-state index contributed by atoms with van der Waals surface area (Å²) < 4.78 is 64.0. The molecule has 3 aliphatic rings. The second-order valence-electron chi connectivity index (χ2n) is 12.5. The number of aromatic nitrogens is 2. The lowest BCUT2D eigenvalue weighted by atomic mass is 9.89. The molecule has 13 heteroatoms. The van der Waals surface area contributed by atoms with Crippen LogP contribution in [0.4, 0.5) is 23.2 Å². The predicted octanol–water partition coefficient (Wildman–Crippen LogP) is 5.30. The fourth-order valence-corrected chi connectivity index (χ4v) is 6.55. The zero-order chi connectivity index (χ0) is 33.4.